The van der Waals surface area contributed by atoms with Gasteiger partial charge in [-0.25, -0.2) is 0 Å². The Kier molecular flexibility index (Phi) is 3.50. The first-order valence-corrected chi connectivity index (χ1v) is 6.17. The van der Waals surface area contributed by atoms with Crippen molar-refractivity contribution in [1.82, 2.24) is 20.3 Å². The van der Waals surface area contributed by atoms with Crippen LogP contribution in [0.5, 0.6) is 5.88 Å². The molecule has 0 aliphatic carbocycles. The van der Waals surface area contributed by atoms with Crippen molar-refractivity contribution < 1.29 is 9.26 Å². The molecule has 0 aliphatic rings. The number of ether oxygens (including phenoxy) is 1. The molecule has 0 fully saturated rings. The van der Waals surface area contributed by atoms with E-state index in [2.05, 4.69) is 48.0 Å². The molecule has 6 nitrogen and oxygen atoms in total. The van der Waals surface area contributed by atoms with Crippen LogP contribution in [-0.4, -0.2) is 27.4 Å². The van der Waals surface area contributed by atoms with Gasteiger partial charge in [0.25, 0.3) is 0 Å². The summed E-state index contributed by atoms with van der Waals surface area (Å²) in [6.07, 6.45) is 0. The zero-order valence-corrected chi connectivity index (χ0v) is 11.8. The molecule has 0 saturated carbocycles. The summed E-state index contributed by atoms with van der Waals surface area (Å²) in [5.41, 5.74) is 0.390. The van der Waals surface area contributed by atoms with E-state index in [9.17, 15) is 0 Å². The fourth-order valence-corrected chi connectivity index (χ4v) is 1.38. The van der Waals surface area contributed by atoms with E-state index < -0.39 is 0 Å². The molecule has 0 amide bonds. The van der Waals surface area contributed by atoms with E-state index in [-0.39, 0.29) is 5.41 Å². The minimum atomic E-state index is -0.175. The fourth-order valence-electron chi connectivity index (χ4n) is 1.38. The first-order valence-electron chi connectivity index (χ1n) is 6.17. The third kappa shape index (κ3) is 2.57. The van der Waals surface area contributed by atoms with Gasteiger partial charge in [-0.2, -0.15) is 4.98 Å². The van der Waals surface area contributed by atoms with Gasteiger partial charge in [-0.1, -0.05) is 32.9 Å². The van der Waals surface area contributed by atoms with Crippen LogP contribution in [0.2, 0.25) is 0 Å². The smallest absolute Gasteiger partial charge is 0.233 e. The molecule has 2 heterocycles. The highest BCUT2D eigenvalue weighted by Gasteiger charge is 2.31. The topological polar surface area (TPSA) is 73.9 Å². The highest BCUT2D eigenvalue weighted by atomic mass is 16.5. The zero-order valence-electron chi connectivity index (χ0n) is 11.8. The Morgan fingerprint density at radius 3 is 2.47 bits per heavy atom. The van der Waals surface area contributed by atoms with Gasteiger partial charge in [-0.05, 0) is 12.0 Å². The van der Waals surface area contributed by atoms with Gasteiger partial charge in [0, 0.05) is 11.5 Å². The van der Waals surface area contributed by atoms with E-state index in [4.69, 9.17) is 9.26 Å². The Morgan fingerprint density at radius 1 is 1.21 bits per heavy atom. The second-order valence-corrected chi connectivity index (χ2v) is 5.26. The van der Waals surface area contributed by atoms with Crippen LogP contribution in [-0.2, 0) is 5.41 Å². The van der Waals surface area contributed by atoms with Crippen LogP contribution in [0.25, 0.3) is 11.5 Å². The molecule has 0 spiro atoms. The van der Waals surface area contributed by atoms with E-state index in [0.717, 1.165) is 0 Å². The molecule has 6 heteroatoms. The van der Waals surface area contributed by atoms with E-state index in [1.54, 1.807) is 19.2 Å². The number of nitrogens with zero attached hydrogens (tertiary/aromatic N) is 4. The molecule has 0 unspecified atom stereocenters. The summed E-state index contributed by atoms with van der Waals surface area (Å²) in [5.74, 6) is 1.90. The quantitative estimate of drug-likeness (QED) is 0.842. The summed E-state index contributed by atoms with van der Waals surface area (Å²) in [6.45, 7) is 8.40. The van der Waals surface area contributed by atoms with Crippen molar-refractivity contribution >= 4 is 0 Å². The molecular weight excluding hydrogens is 244 g/mol. The first kappa shape index (κ1) is 13.5. The molecule has 19 heavy (non-hydrogen) atoms. The van der Waals surface area contributed by atoms with Crippen LogP contribution < -0.4 is 4.74 Å². The fraction of sp³-hybridized carbons (Fsp3) is 0.538. The van der Waals surface area contributed by atoms with Crippen molar-refractivity contribution in [2.75, 3.05) is 7.11 Å². The maximum Gasteiger partial charge on any atom is 0.233 e. The predicted molar refractivity (Wildman–Crippen MR) is 69.7 cm³/mol. The summed E-state index contributed by atoms with van der Waals surface area (Å²) < 4.78 is 10.3. The largest absolute Gasteiger partial charge is 0.480 e. The lowest BCUT2D eigenvalue weighted by Gasteiger charge is -2.24. The van der Waals surface area contributed by atoms with Gasteiger partial charge in [0.15, 0.2) is 0 Å². The lowest BCUT2D eigenvalue weighted by molar-refractivity contribution is 0.254. The van der Waals surface area contributed by atoms with Crippen molar-refractivity contribution in [2.45, 2.75) is 33.1 Å². The normalized spacial score (nSPS) is 11.9. The monoisotopic (exact) mass is 262 g/mol. The van der Waals surface area contributed by atoms with Crippen molar-refractivity contribution in [3.05, 3.63) is 18.0 Å². The van der Waals surface area contributed by atoms with Gasteiger partial charge < -0.3 is 9.26 Å². The van der Waals surface area contributed by atoms with E-state index in [1.165, 1.54) is 0 Å². The lowest BCUT2D eigenvalue weighted by atomic mass is 9.81. The molecule has 0 N–H and O–H groups in total. The Labute approximate surface area is 112 Å². The molecule has 2 aromatic rings. The van der Waals surface area contributed by atoms with Gasteiger partial charge in [0.2, 0.25) is 17.6 Å². The minimum Gasteiger partial charge on any atom is -0.480 e. The van der Waals surface area contributed by atoms with Gasteiger partial charge in [0.1, 0.15) is 5.69 Å². The number of hydrogen-bond acceptors (Lipinski definition) is 6. The van der Waals surface area contributed by atoms with Crippen LogP contribution in [0.15, 0.2) is 16.7 Å². The molecule has 0 saturated heterocycles. The SMILES string of the molecule is COc1ccc(-c2noc(C(C)(C)C(C)C)n2)nn1. The van der Waals surface area contributed by atoms with Gasteiger partial charge in [-0.3, -0.25) is 0 Å². The first-order chi connectivity index (χ1) is 8.95. The van der Waals surface area contributed by atoms with Crippen LogP contribution in [0.3, 0.4) is 0 Å². The van der Waals surface area contributed by atoms with E-state index in [1.807, 2.05) is 0 Å². The van der Waals surface area contributed by atoms with Gasteiger partial charge in [0.05, 0.1) is 7.11 Å². The highest BCUT2D eigenvalue weighted by molar-refractivity contribution is 5.47. The van der Waals surface area contributed by atoms with Crippen LogP contribution >= 0.6 is 0 Å². The molecule has 0 aliphatic heterocycles. The summed E-state index contributed by atoms with van der Waals surface area (Å²) in [5, 5.41) is 11.8. The summed E-state index contributed by atoms with van der Waals surface area (Å²) in [7, 11) is 1.54. The van der Waals surface area contributed by atoms with Crippen LogP contribution in [0, 0.1) is 5.92 Å². The molecule has 0 radical (unpaired) electrons. The Balaban J connectivity index is 2.30. The zero-order chi connectivity index (χ0) is 14.0. The summed E-state index contributed by atoms with van der Waals surface area (Å²) in [4.78, 5) is 4.41. The van der Waals surface area contributed by atoms with Gasteiger partial charge >= 0.3 is 0 Å². The average molecular weight is 262 g/mol. The van der Waals surface area contributed by atoms with Crippen molar-refractivity contribution in [1.29, 1.82) is 0 Å². The standard InChI is InChI=1S/C13H18N4O2/c1-8(2)13(3,4)12-14-11(17-19-12)9-6-7-10(18-5)16-15-9/h6-8H,1-5H3. The van der Waals surface area contributed by atoms with E-state index in [0.29, 0.717) is 29.2 Å². The molecule has 0 atom stereocenters. The molecular formula is C13H18N4O2. The molecule has 0 aromatic carbocycles. The van der Waals surface area contributed by atoms with Crippen molar-refractivity contribution in [3.63, 3.8) is 0 Å². The molecule has 0 bridgehead atoms. The van der Waals surface area contributed by atoms with Crippen molar-refractivity contribution in [2.24, 2.45) is 5.92 Å². The molecule has 2 aromatic heterocycles. The lowest BCUT2D eigenvalue weighted by Crippen LogP contribution is -2.24. The Bertz CT molecular complexity index is 546. The van der Waals surface area contributed by atoms with Gasteiger partial charge in [-0.15, -0.1) is 10.2 Å². The number of rotatable bonds is 4. The summed E-state index contributed by atoms with van der Waals surface area (Å²) >= 11 is 0. The van der Waals surface area contributed by atoms with Crippen LogP contribution in [0.4, 0.5) is 0 Å². The Morgan fingerprint density at radius 2 is 1.95 bits per heavy atom. The summed E-state index contributed by atoms with van der Waals surface area (Å²) in [6, 6.07) is 3.47. The number of hydrogen-bond donors (Lipinski definition) is 0. The minimum absolute atomic E-state index is 0.175. The van der Waals surface area contributed by atoms with Crippen LogP contribution in [0.1, 0.15) is 33.6 Å². The number of aromatic nitrogens is 4. The van der Waals surface area contributed by atoms with Crippen molar-refractivity contribution in [3.8, 4) is 17.4 Å². The number of methoxy groups -OCH3 is 1. The Hall–Kier alpha value is -1.98. The highest BCUT2D eigenvalue weighted by Crippen LogP contribution is 2.30. The third-order valence-electron chi connectivity index (χ3n) is 3.50. The maximum absolute atomic E-state index is 5.34. The third-order valence-corrected chi connectivity index (χ3v) is 3.50. The molecule has 2 rings (SSSR count). The average Bonchev–Trinajstić information content (AvgIpc) is 2.89. The second-order valence-electron chi connectivity index (χ2n) is 5.26. The molecule has 102 valence electrons. The predicted octanol–water partition coefficient (Wildman–Crippen LogP) is 2.47. The van der Waals surface area contributed by atoms with E-state index >= 15 is 0 Å². The maximum atomic E-state index is 5.34. The second kappa shape index (κ2) is 4.95.